The highest BCUT2D eigenvalue weighted by molar-refractivity contribution is 5.67. The molecule has 2 heterocycles. The normalized spacial score (nSPS) is 13.1. The summed E-state index contributed by atoms with van der Waals surface area (Å²) >= 11 is 0. The second kappa shape index (κ2) is 6.04. The minimum atomic E-state index is 0.438. The van der Waals surface area contributed by atoms with Crippen molar-refractivity contribution in [1.29, 1.82) is 0 Å². The minimum absolute atomic E-state index is 0.438. The van der Waals surface area contributed by atoms with Gasteiger partial charge in [0.15, 0.2) is 5.82 Å². The van der Waals surface area contributed by atoms with E-state index >= 15 is 0 Å². The van der Waals surface area contributed by atoms with Gasteiger partial charge in [-0.1, -0.05) is 26.7 Å². The van der Waals surface area contributed by atoms with Gasteiger partial charge in [-0.3, -0.25) is 0 Å². The zero-order chi connectivity index (χ0) is 13.8. The fraction of sp³-hybridized carbons (Fsp3) is 0.600. The molecule has 0 aliphatic heterocycles. The second-order valence-corrected chi connectivity index (χ2v) is 5.76. The van der Waals surface area contributed by atoms with Gasteiger partial charge < -0.3 is 5.32 Å². The summed E-state index contributed by atoms with van der Waals surface area (Å²) in [7, 11) is 0. The molecule has 1 atom stereocenters. The molecule has 0 bridgehead atoms. The van der Waals surface area contributed by atoms with Crippen LogP contribution >= 0.6 is 0 Å². The van der Waals surface area contributed by atoms with Crippen molar-refractivity contribution in [3.8, 4) is 0 Å². The highest BCUT2D eigenvalue weighted by atomic mass is 15.2. The number of hydrogen-bond donors (Lipinski definition) is 1. The van der Waals surface area contributed by atoms with Crippen LogP contribution in [0.5, 0.6) is 0 Å². The third-order valence-corrected chi connectivity index (χ3v) is 3.31. The Labute approximate surface area is 115 Å². The summed E-state index contributed by atoms with van der Waals surface area (Å²) in [6, 6.07) is 2.50. The van der Waals surface area contributed by atoms with E-state index in [0.717, 1.165) is 22.9 Å². The Bertz CT molecular complexity index is 530. The van der Waals surface area contributed by atoms with E-state index in [-0.39, 0.29) is 0 Å². The Morgan fingerprint density at radius 2 is 2.05 bits per heavy atom. The number of anilines is 1. The van der Waals surface area contributed by atoms with Crippen molar-refractivity contribution in [2.45, 2.75) is 53.0 Å². The lowest BCUT2D eigenvalue weighted by Crippen LogP contribution is -2.16. The molecular formula is C15H24N4. The lowest BCUT2D eigenvalue weighted by molar-refractivity contribution is 0.520. The number of nitrogens with one attached hydrogen (secondary N) is 1. The zero-order valence-electron chi connectivity index (χ0n) is 12.3. The second-order valence-electron chi connectivity index (χ2n) is 5.76. The van der Waals surface area contributed by atoms with E-state index in [4.69, 9.17) is 0 Å². The molecule has 4 nitrogen and oxygen atoms in total. The van der Waals surface area contributed by atoms with Crippen LogP contribution in [0, 0.1) is 12.8 Å². The van der Waals surface area contributed by atoms with E-state index < -0.39 is 0 Å². The first kappa shape index (κ1) is 13.8. The van der Waals surface area contributed by atoms with Gasteiger partial charge in [-0.25, -0.2) is 9.50 Å². The van der Waals surface area contributed by atoms with Crippen LogP contribution in [0.4, 0.5) is 5.82 Å². The highest BCUT2D eigenvalue weighted by Gasteiger charge is 2.08. The standard InChI is InChI=1S/C15H24N4/c1-11(2)6-5-7-12(3)17-15-14-10-13(4)18-19(14)9-8-16-15/h8-12H,5-7H2,1-4H3,(H,16,17). The molecule has 0 spiro atoms. The molecule has 0 saturated heterocycles. The van der Waals surface area contributed by atoms with Gasteiger partial charge in [0.1, 0.15) is 5.52 Å². The summed E-state index contributed by atoms with van der Waals surface area (Å²) < 4.78 is 1.88. The fourth-order valence-corrected chi connectivity index (χ4v) is 2.29. The van der Waals surface area contributed by atoms with Gasteiger partial charge >= 0.3 is 0 Å². The maximum Gasteiger partial charge on any atom is 0.152 e. The number of aryl methyl sites for hydroxylation is 1. The molecule has 0 fully saturated rings. The van der Waals surface area contributed by atoms with E-state index in [1.54, 1.807) is 6.20 Å². The first-order valence-electron chi connectivity index (χ1n) is 7.14. The number of rotatable bonds is 6. The third kappa shape index (κ3) is 3.69. The zero-order valence-corrected chi connectivity index (χ0v) is 12.3. The van der Waals surface area contributed by atoms with Crippen LogP contribution in [0.1, 0.15) is 45.7 Å². The van der Waals surface area contributed by atoms with Gasteiger partial charge in [0.2, 0.25) is 0 Å². The first-order chi connectivity index (χ1) is 9.06. The Hall–Kier alpha value is -1.58. The number of aromatic nitrogens is 3. The third-order valence-electron chi connectivity index (χ3n) is 3.31. The smallest absolute Gasteiger partial charge is 0.152 e. The molecule has 0 amide bonds. The van der Waals surface area contributed by atoms with E-state index in [1.807, 2.05) is 17.6 Å². The summed E-state index contributed by atoms with van der Waals surface area (Å²) in [4.78, 5) is 4.43. The number of fused-ring (bicyclic) bond motifs is 1. The molecule has 0 aliphatic rings. The van der Waals surface area contributed by atoms with E-state index in [2.05, 4.69) is 42.2 Å². The molecule has 0 saturated carbocycles. The topological polar surface area (TPSA) is 42.2 Å². The van der Waals surface area contributed by atoms with Crippen LogP contribution in [-0.4, -0.2) is 20.6 Å². The largest absolute Gasteiger partial charge is 0.366 e. The van der Waals surface area contributed by atoms with Crippen LogP contribution in [0.15, 0.2) is 18.5 Å². The molecular weight excluding hydrogens is 236 g/mol. The summed E-state index contributed by atoms with van der Waals surface area (Å²) in [5, 5.41) is 7.90. The molecule has 0 aliphatic carbocycles. The Morgan fingerprint density at radius 3 is 2.79 bits per heavy atom. The van der Waals surface area contributed by atoms with Crippen molar-refractivity contribution in [3.63, 3.8) is 0 Å². The van der Waals surface area contributed by atoms with Gasteiger partial charge in [0.05, 0.1) is 5.69 Å². The van der Waals surface area contributed by atoms with Crippen molar-refractivity contribution in [3.05, 3.63) is 24.2 Å². The van der Waals surface area contributed by atoms with Crippen LogP contribution in [0.25, 0.3) is 5.52 Å². The summed E-state index contributed by atoms with van der Waals surface area (Å²) in [5.41, 5.74) is 2.07. The van der Waals surface area contributed by atoms with Crippen molar-refractivity contribution in [2.75, 3.05) is 5.32 Å². The highest BCUT2D eigenvalue weighted by Crippen LogP contribution is 2.17. The first-order valence-corrected chi connectivity index (χ1v) is 7.14. The lowest BCUT2D eigenvalue weighted by Gasteiger charge is -2.15. The molecule has 4 heteroatoms. The SMILES string of the molecule is Cc1cc2c(NC(C)CCCC(C)C)nccn2n1. The maximum absolute atomic E-state index is 4.43. The van der Waals surface area contributed by atoms with Crippen LogP contribution < -0.4 is 5.32 Å². The predicted molar refractivity (Wildman–Crippen MR) is 79.5 cm³/mol. The molecule has 1 unspecified atom stereocenters. The predicted octanol–water partition coefficient (Wildman–Crippen LogP) is 3.66. The Morgan fingerprint density at radius 1 is 1.26 bits per heavy atom. The molecule has 0 aromatic carbocycles. The Balaban J connectivity index is 2.00. The van der Waals surface area contributed by atoms with Gasteiger partial charge in [-0.15, -0.1) is 0 Å². The minimum Gasteiger partial charge on any atom is -0.366 e. The summed E-state index contributed by atoms with van der Waals surface area (Å²) in [6.07, 6.45) is 7.40. The molecule has 0 radical (unpaired) electrons. The van der Waals surface area contributed by atoms with Crippen LogP contribution in [0.3, 0.4) is 0 Å². The van der Waals surface area contributed by atoms with Crippen LogP contribution in [0.2, 0.25) is 0 Å². The van der Waals surface area contributed by atoms with Gasteiger partial charge in [0, 0.05) is 18.4 Å². The van der Waals surface area contributed by atoms with E-state index in [1.165, 1.54) is 19.3 Å². The van der Waals surface area contributed by atoms with Gasteiger partial charge in [-0.2, -0.15) is 5.10 Å². The average Bonchev–Trinajstić information content (AvgIpc) is 2.70. The maximum atomic E-state index is 4.43. The molecule has 19 heavy (non-hydrogen) atoms. The summed E-state index contributed by atoms with van der Waals surface area (Å²) in [6.45, 7) is 8.77. The van der Waals surface area contributed by atoms with Crippen molar-refractivity contribution < 1.29 is 0 Å². The summed E-state index contributed by atoms with van der Waals surface area (Å²) in [5.74, 6) is 1.71. The van der Waals surface area contributed by atoms with Crippen LogP contribution in [-0.2, 0) is 0 Å². The van der Waals surface area contributed by atoms with Crippen molar-refractivity contribution >= 4 is 11.3 Å². The number of nitrogens with zero attached hydrogens (tertiary/aromatic N) is 3. The molecule has 2 aromatic heterocycles. The van der Waals surface area contributed by atoms with Gasteiger partial charge in [0.25, 0.3) is 0 Å². The number of hydrogen-bond acceptors (Lipinski definition) is 3. The quantitative estimate of drug-likeness (QED) is 0.861. The van der Waals surface area contributed by atoms with Crippen molar-refractivity contribution in [2.24, 2.45) is 5.92 Å². The molecule has 2 rings (SSSR count). The van der Waals surface area contributed by atoms with Gasteiger partial charge in [-0.05, 0) is 32.3 Å². The monoisotopic (exact) mass is 260 g/mol. The fourth-order valence-electron chi connectivity index (χ4n) is 2.29. The Kier molecular flexibility index (Phi) is 4.40. The lowest BCUT2D eigenvalue weighted by atomic mass is 10.0. The van der Waals surface area contributed by atoms with E-state index in [0.29, 0.717) is 6.04 Å². The van der Waals surface area contributed by atoms with E-state index in [9.17, 15) is 0 Å². The average molecular weight is 260 g/mol. The molecule has 2 aromatic rings. The van der Waals surface area contributed by atoms with Crippen molar-refractivity contribution in [1.82, 2.24) is 14.6 Å². The molecule has 104 valence electrons. The molecule has 1 N–H and O–H groups in total.